The van der Waals surface area contributed by atoms with Crippen molar-refractivity contribution in [2.75, 3.05) is 5.32 Å². The smallest absolute Gasteiger partial charge is 0.248 e. The van der Waals surface area contributed by atoms with E-state index >= 15 is 0 Å². The van der Waals surface area contributed by atoms with Gasteiger partial charge in [0.15, 0.2) is 0 Å². The van der Waals surface area contributed by atoms with Crippen molar-refractivity contribution >= 4 is 33.5 Å². The highest BCUT2D eigenvalue weighted by Crippen LogP contribution is 2.19. The number of anilines is 1. The minimum absolute atomic E-state index is 0.505. The molecule has 0 aromatic heterocycles. The lowest BCUT2D eigenvalue weighted by molar-refractivity contribution is -0.297. The molecule has 0 aliphatic heterocycles. The van der Waals surface area contributed by atoms with E-state index < -0.39 is 11.9 Å². The number of carboxylic acid groups (broad SMARTS) is 1. The number of halogens is 1. The van der Waals surface area contributed by atoms with Crippen LogP contribution in [0.25, 0.3) is 0 Å². The molecule has 0 spiro atoms. The van der Waals surface area contributed by atoms with Gasteiger partial charge in [-0.25, -0.2) is 0 Å². The Balaban J connectivity index is 2.73. The topological polar surface area (TPSA) is 69.2 Å². The van der Waals surface area contributed by atoms with E-state index in [2.05, 4.69) is 21.2 Å². The SMILES string of the molecule is Cc1cc(Br)ccc1NC(=O)/C=C\C(=O)[O-]. The highest BCUT2D eigenvalue weighted by Gasteiger charge is 2.01. The molecule has 0 radical (unpaired) electrons. The standard InChI is InChI=1S/C11H10BrNO3/c1-7-6-8(12)2-3-9(7)13-10(14)4-5-11(15)16/h2-6H,1H3,(H,13,14)(H,15,16)/p-1/b5-4-. The van der Waals surface area contributed by atoms with Crippen LogP contribution >= 0.6 is 15.9 Å². The summed E-state index contributed by atoms with van der Waals surface area (Å²) in [6.07, 6.45) is 1.60. The van der Waals surface area contributed by atoms with Gasteiger partial charge in [0.05, 0.1) is 5.97 Å². The molecular formula is C11H9BrNO3-. The number of carbonyl (C=O) groups excluding carboxylic acids is 2. The lowest BCUT2D eigenvalue weighted by Crippen LogP contribution is -2.20. The molecule has 0 saturated heterocycles. The first kappa shape index (κ1) is 12.4. The maximum Gasteiger partial charge on any atom is 0.248 e. The van der Waals surface area contributed by atoms with Gasteiger partial charge in [-0.15, -0.1) is 0 Å². The molecule has 4 nitrogen and oxygen atoms in total. The Morgan fingerprint density at radius 1 is 1.38 bits per heavy atom. The summed E-state index contributed by atoms with van der Waals surface area (Å²) >= 11 is 3.30. The fourth-order valence-corrected chi connectivity index (χ4v) is 1.56. The Morgan fingerprint density at radius 3 is 2.62 bits per heavy atom. The van der Waals surface area contributed by atoms with Crippen LogP contribution < -0.4 is 10.4 Å². The molecule has 0 unspecified atom stereocenters. The van der Waals surface area contributed by atoms with Crippen LogP contribution in [0, 0.1) is 6.92 Å². The monoisotopic (exact) mass is 282 g/mol. The number of carboxylic acids is 1. The van der Waals surface area contributed by atoms with Crippen molar-refractivity contribution in [2.24, 2.45) is 0 Å². The Hall–Kier alpha value is -1.62. The first-order valence-electron chi connectivity index (χ1n) is 4.45. The summed E-state index contributed by atoms with van der Waals surface area (Å²) in [5, 5.41) is 12.6. The molecule has 5 heteroatoms. The van der Waals surface area contributed by atoms with Crippen molar-refractivity contribution in [1.82, 2.24) is 0 Å². The van der Waals surface area contributed by atoms with Crippen LogP contribution in [0.1, 0.15) is 5.56 Å². The fraction of sp³-hybridized carbons (Fsp3) is 0.0909. The van der Waals surface area contributed by atoms with Gasteiger partial charge >= 0.3 is 0 Å². The predicted octanol–water partition coefficient (Wildman–Crippen LogP) is 1.00. The summed E-state index contributed by atoms with van der Waals surface area (Å²) in [5.74, 6) is -1.91. The van der Waals surface area contributed by atoms with Gasteiger partial charge in [-0.3, -0.25) is 4.79 Å². The van der Waals surface area contributed by atoms with E-state index in [1.54, 1.807) is 12.1 Å². The second-order valence-electron chi connectivity index (χ2n) is 3.10. The number of amides is 1. The zero-order chi connectivity index (χ0) is 12.1. The molecule has 1 rings (SSSR count). The summed E-state index contributed by atoms with van der Waals surface area (Å²) in [6.45, 7) is 1.84. The number of hydrogen-bond acceptors (Lipinski definition) is 3. The highest BCUT2D eigenvalue weighted by atomic mass is 79.9. The van der Waals surface area contributed by atoms with Crippen molar-refractivity contribution in [3.05, 3.63) is 40.4 Å². The maximum absolute atomic E-state index is 11.3. The van der Waals surface area contributed by atoms with Crippen LogP contribution in [0.15, 0.2) is 34.8 Å². The summed E-state index contributed by atoms with van der Waals surface area (Å²) in [6, 6.07) is 5.35. The van der Waals surface area contributed by atoms with Gasteiger partial charge in [0, 0.05) is 16.2 Å². The number of carbonyl (C=O) groups is 2. The van der Waals surface area contributed by atoms with Crippen LogP contribution in [-0.4, -0.2) is 11.9 Å². The Labute approximate surface area is 101 Å². The lowest BCUT2D eigenvalue weighted by atomic mass is 10.2. The normalized spacial score (nSPS) is 10.4. The van der Waals surface area contributed by atoms with Gasteiger partial charge < -0.3 is 15.2 Å². The second-order valence-corrected chi connectivity index (χ2v) is 4.02. The van der Waals surface area contributed by atoms with E-state index in [1.807, 2.05) is 13.0 Å². The molecule has 84 valence electrons. The molecule has 0 bridgehead atoms. The molecule has 0 atom stereocenters. The fourth-order valence-electron chi connectivity index (χ4n) is 1.09. The van der Waals surface area contributed by atoms with Gasteiger partial charge in [-0.05, 0) is 36.8 Å². The van der Waals surface area contributed by atoms with E-state index in [0.717, 1.165) is 16.1 Å². The van der Waals surface area contributed by atoms with Crippen LogP contribution in [0.4, 0.5) is 5.69 Å². The third-order valence-electron chi connectivity index (χ3n) is 1.82. The number of benzene rings is 1. The molecule has 0 aliphatic rings. The highest BCUT2D eigenvalue weighted by molar-refractivity contribution is 9.10. The number of hydrogen-bond donors (Lipinski definition) is 1. The summed E-state index contributed by atoms with van der Waals surface area (Å²) in [5.41, 5.74) is 1.51. The first-order chi connectivity index (χ1) is 7.49. The maximum atomic E-state index is 11.3. The molecule has 16 heavy (non-hydrogen) atoms. The van der Waals surface area contributed by atoms with Gasteiger partial charge in [0.1, 0.15) is 0 Å². The van der Waals surface area contributed by atoms with Crippen molar-refractivity contribution in [3.8, 4) is 0 Å². The average molecular weight is 283 g/mol. The van der Waals surface area contributed by atoms with Crippen LogP contribution in [0.3, 0.4) is 0 Å². The molecule has 1 aromatic rings. The van der Waals surface area contributed by atoms with Crippen molar-refractivity contribution in [3.63, 3.8) is 0 Å². The summed E-state index contributed by atoms with van der Waals surface area (Å²) < 4.78 is 0.910. The molecule has 0 saturated carbocycles. The predicted molar refractivity (Wildman–Crippen MR) is 61.7 cm³/mol. The van der Waals surface area contributed by atoms with Crippen molar-refractivity contribution < 1.29 is 14.7 Å². The van der Waals surface area contributed by atoms with Gasteiger partial charge in [-0.2, -0.15) is 0 Å². The van der Waals surface area contributed by atoms with Gasteiger partial charge in [0.2, 0.25) is 5.91 Å². The molecule has 0 heterocycles. The van der Waals surface area contributed by atoms with E-state index in [1.165, 1.54) is 0 Å². The quantitative estimate of drug-likeness (QED) is 0.841. The van der Waals surface area contributed by atoms with Crippen LogP contribution in [0.2, 0.25) is 0 Å². The van der Waals surface area contributed by atoms with E-state index in [-0.39, 0.29) is 0 Å². The third-order valence-corrected chi connectivity index (χ3v) is 2.31. The largest absolute Gasteiger partial charge is 0.545 e. The van der Waals surface area contributed by atoms with Crippen molar-refractivity contribution in [1.29, 1.82) is 0 Å². The molecule has 1 N–H and O–H groups in total. The Morgan fingerprint density at radius 2 is 2.06 bits per heavy atom. The third kappa shape index (κ3) is 3.86. The van der Waals surface area contributed by atoms with E-state index in [0.29, 0.717) is 11.8 Å². The Kier molecular flexibility index (Phi) is 4.25. The average Bonchev–Trinajstić information content (AvgIpc) is 2.19. The minimum atomic E-state index is -1.40. The second kappa shape index (κ2) is 5.46. The number of aliphatic carboxylic acids is 1. The molecule has 1 amide bonds. The molecule has 0 fully saturated rings. The Bertz CT molecular complexity index is 455. The molecular weight excluding hydrogens is 274 g/mol. The number of nitrogens with one attached hydrogen (secondary N) is 1. The summed E-state index contributed by atoms with van der Waals surface area (Å²) in [7, 11) is 0. The molecule has 1 aromatic carbocycles. The zero-order valence-corrected chi connectivity index (χ0v) is 10.1. The number of aryl methyl sites for hydroxylation is 1. The molecule has 0 aliphatic carbocycles. The lowest BCUT2D eigenvalue weighted by Gasteiger charge is -2.06. The van der Waals surface area contributed by atoms with Crippen molar-refractivity contribution in [2.45, 2.75) is 6.92 Å². The summed E-state index contributed by atoms with van der Waals surface area (Å²) in [4.78, 5) is 21.3. The number of rotatable bonds is 3. The zero-order valence-electron chi connectivity index (χ0n) is 8.49. The van der Waals surface area contributed by atoms with Crippen LogP contribution in [-0.2, 0) is 9.59 Å². The van der Waals surface area contributed by atoms with E-state index in [4.69, 9.17) is 0 Å². The minimum Gasteiger partial charge on any atom is -0.545 e. The van der Waals surface area contributed by atoms with E-state index in [9.17, 15) is 14.7 Å². The van der Waals surface area contributed by atoms with Crippen LogP contribution in [0.5, 0.6) is 0 Å². The first-order valence-corrected chi connectivity index (χ1v) is 5.24. The van der Waals surface area contributed by atoms with Gasteiger partial charge in [0.25, 0.3) is 0 Å². The van der Waals surface area contributed by atoms with Gasteiger partial charge in [-0.1, -0.05) is 15.9 Å².